The smallest absolute Gasteiger partial charge is 0.251 e. The third kappa shape index (κ3) is 3.82. The SMILES string of the molecule is NC(=S)c1cccc(C(=O)NCc2cc(F)ccc2F)c1. The van der Waals surface area contributed by atoms with Crippen molar-refractivity contribution in [2.45, 2.75) is 6.54 Å². The molecule has 108 valence electrons. The molecule has 0 unspecified atom stereocenters. The average molecular weight is 306 g/mol. The van der Waals surface area contributed by atoms with E-state index in [1.54, 1.807) is 24.3 Å². The van der Waals surface area contributed by atoms with Crippen molar-refractivity contribution >= 4 is 23.1 Å². The maximum absolute atomic E-state index is 13.4. The van der Waals surface area contributed by atoms with Crippen LogP contribution in [-0.2, 0) is 6.54 Å². The topological polar surface area (TPSA) is 55.1 Å². The van der Waals surface area contributed by atoms with Crippen LogP contribution in [0.1, 0.15) is 21.5 Å². The Labute approximate surface area is 125 Å². The van der Waals surface area contributed by atoms with E-state index in [4.69, 9.17) is 18.0 Å². The molecule has 0 atom stereocenters. The molecule has 0 saturated heterocycles. The number of nitrogens with two attached hydrogens (primary N) is 1. The minimum atomic E-state index is -0.575. The van der Waals surface area contributed by atoms with E-state index < -0.39 is 17.5 Å². The van der Waals surface area contributed by atoms with Gasteiger partial charge in [-0.05, 0) is 30.3 Å². The average Bonchev–Trinajstić information content (AvgIpc) is 2.48. The Balaban J connectivity index is 2.10. The zero-order chi connectivity index (χ0) is 15.4. The number of carbonyl (C=O) groups excluding carboxylic acids is 1. The van der Waals surface area contributed by atoms with Gasteiger partial charge in [0.25, 0.3) is 5.91 Å². The molecule has 2 aromatic rings. The normalized spacial score (nSPS) is 10.2. The summed E-state index contributed by atoms with van der Waals surface area (Å²) in [5.74, 6) is -1.55. The summed E-state index contributed by atoms with van der Waals surface area (Å²) in [7, 11) is 0. The molecule has 0 fully saturated rings. The van der Waals surface area contributed by atoms with Gasteiger partial charge >= 0.3 is 0 Å². The van der Waals surface area contributed by atoms with Crippen LogP contribution in [0.15, 0.2) is 42.5 Å². The molecule has 0 aliphatic carbocycles. The highest BCUT2D eigenvalue weighted by Crippen LogP contribution is 2.10. The molecule has 1 amide bonds. The van der Waals surface area contributed by atoms with Crippen molar-refractivity contribution in [2.75, 3.05) is 0 Å². The summed E-state index contributed by atoms with van der Waals surface area (Å²) in [6.45, 7) is -0.111. The molecule has 0 aliphatic rings. The molecule has 0 aliphatic heterocycles. The molecular formula is C15H12F2N2OS. The number of amides is 1. The Bertz CT molecular complexity index is 704. The van der Waals surface area contributed by atoms with Crippen LogP contribution in [-0.4, -0.2) is 10.9 Å². The van der Waals surface area contributed by atoms with Gasteiger partial charge in [-0.2, -0.15) is 0 Å². The summed E-state index contributed by atoms with van der Waals surface area (Å²) < 4.78 is 26.5. The predicted octanol–water partition coefficient (Wildman–Crippen LogP) is 2.53. The van der Waals surface area contributed by atoms with E-state index in [1.165, 1.54) is 0 Å². The molecule has 3 nitrogen and oxygen atoms in total. The number of halogens is 2. The highest BCUT2D eigenvalue weighted by molar-refractivity contribution is 7.80. The molecule has 3 N–H and O–H groups in total. The minimum Gasteiger partial charge on any atom is -0.389 e. The lowest BCUT2D eigenvalue weighted by molar-refractivity contribution is 0.0950. The van der Waals surface area contributed by atoms with Crippen LogP contribution in [0.3, 0.4) is 0 Å². The Kier molecular flexibility index (Phi) is 4.59. The van der Waals surface area contributed by atoms with E-state index in [-0.39, 0.29) is 17.1 Å². The maximum Gasteiger partial charge on any atom is 0.251 e. The summed E-state index contributed by atoms with van der Waals surface area (Å²) in [5, 5.41) is 2.52. The Hall–Kier alpha value is -2.34. The van der Waals surface area contributed by atoms with E-state index in [1.807, 2.05) is 0 Å². The van der Waals surface area contributed by atoms with Gasteiger partial charge in [0.2, 0.25) is 0 Å². The first-order chi connectivity index (χ1) is 9.97. The van der Waals surface area contributed by atoms with Gasteiger partial charge in [0.05, 0.1) is 0 Å². The molecule has 0 bridgehead atoms. The predicted molar refractivity (Wildman–Crippen MR) is 79.9 cm³/mol. The number of carbonyl (C=O) groups is 1. The van der Waals surface area contributed by atoms with Crippen LogP contribution >= 0.6 is 12.2 Å². The van der Waals surface area contributed by atoms with Crippen molar-refractivity contribution in [3.05, 3.63) is 70.8 Å². The first-order valence-corrected chi connectivity index (χ1v) is 6.50. The molecule has 2 rings (SSSR count). The van der Waals surface area contributed by atoms with E-state index in [9.17, 15) is 13.6 Å². The van der Waals surface area contributed by atoms with Gasteiger partial charge in [0.1, 0.15) is 16.6 Å². The number of benzene rings is 2. The molecule has 6 heteroatoms. The van der Waals surface area contributed by atoms with Gasteiger partial charge in [-0.25, -0.2) is 8.78 Å². The summed E-state index contributed by atoms with van der Waals surface area (Å²) in [6, 6.07) is 9.54. The molecule has 2 aromatic carbocycles. The van der Waals surface area contributed by atoms with E-state index in [2.05, 4.69) is 5.32 Å². The molecule has 0 spiro atoms. The van der Waals surface area contributed by atoms with Gasteiger partial charge in [-0.1, -0.05) is 24.4 Å². The van der Waals surface area contributed by atoms with E-state index in [0.29, 0.717) is 11.1 Å². The maximum atomic E-state index is 13.4. The number of rotatable bonds is 4. The van der Waals surface area contributed by atoms with Crippen molar-refractivity contribution in [1.82, 2.24) is 5.32 Å². The van der Waals surface area contributed by atoms with Crippen molar-refractivity contribution in [1.29, 1.82) is 0 Å². The van der Waals surface area contributed by atoms with Crippen molar-refractivity contribution in [3.8, 4) is 0 Å². The summed E-state index contributed by atoms with van der Waals surface area (Å²) in [6.07, 6.45) is 0. The second-order valence-electron chi connectivity index (χ2n) is 4.36. The van der Waals surface area contributed by atoms with Crippen LogP contribution < -0.4 is 11.1 Å². The van der Waals surface area contributed by atoms with Crippen LogP contribution in [0.2, 0.25) is 0 Å². The highest BCUT2D eigenvalue weighted by Gasteiger charge is 2.09. The second kappa shape index (κ2) is 6.41. The van der Waals surface area contributed by atoms with Gasteiger partial charge < -0.3 is 11.1 Å². The molecule has 0 radical (unpaired) electrons. The van der Waals surface area contributed by atoms with Crippen LogP contribution in [0.5, 0.6) is 0 Å². The first kappa shape index (κ1) is 15.1. The lowest BCUT2D eigenvalue weighted by Gasteiger charge is -2.07. The third-order valence-corrected chi connectivity index (χ3v) is 3.09. The fraction of sp³-hybridized carbons (Fsp3) is 0.0667. The Morgan fingerprint density at radius 1 is 1.14 bits per heavy atom. The number of hydrogen-bond donors (Lipinski definition) is 2. The fourth-order valence-corrected chi connectivity index (χ4v) is 1.90. The molecule has 0 heterocycles. The zero-order valence-electron chi connectivity index (χ0n) is 10.9. The Morgan fingerprint density at radius 2 is 1.86 bits per heavy atom. The second-order valence-corrected chi connectivity index (χ2v) is 4.80. The number of thiocarbonyl (C=S) groups is 1. The highest BCUT2D eigenvalue weighted by atomic mass is 32.1. The lowest BCUT2D eigenvalue weighted by Crippen LogP contribution is -2.24. The minimum absolute atomic E-state index is 0.0776. The fourth-order valence-electron chi connectivity index (χ4n) is 1.77. The third-order valence-electron chi connectivity index (χ3n) is 2.86. The summed E-state index contributed by atoms with van der Waals surface area (Å²) in [5.41, 5.74) is 6.48. The molecule has 0 saturated carbocycles. The molecule has 21 heavy (non-hydrogen) atoms. The Morgan fingerprint density at radius 3 is 2.57 bits per heavy atom. The molecule has 0 aromatic heterocycles. The van der Waals surface area contributed by atoms with Crippen molar-refractivity contribution in [2.24, 2.45) is 5.73 Å². The van der Waals surface area contributed by atoms with E-state index in [0.717, 1.165) is 18.2 Å². The molecular weight excluding hydrogens is 294 g/mol. The van der Waals surface area contributed by atoms with Gasteiger partial charge in [0, 0.05) is 23.2 Å². The summed E-state index contributed by atoms with van der Waals surface area (Å²) in [4.78, 5) is 12.2. The van der Waals surface area contributed by atoms with Gasteiger partial charge in [-0.3, -0.25) is 4.79 Å². The van der Waals surface area contributed by atoms with E-state index >= 15 is 0 Å². The number of hydrogen-bond acceptors (Lipinski definition) is 2. The van der Waals surface area contributed by atoms with Crippen LogP contribution in [0.25, 0.3) is 0 Å². The van der Waals surface area contributed by atoms with Crippen LogP contribution in [0, 0.1) is 11.6 Å². The monoisotopic (exact) mass is 306 g/mol. The van der Waals surface area contributed by atoms with Crippen LogP contribution in [0.4, 0.5) is 8.78 Å². The largest absolute Gasteiger partial charge is 0.389 e. The lowest BCUT2D eigenvalue weighted by atomic mass is 10.1. The zero-order valence-corrected chi connectivity index (χ0v) is 11.7. The van der Waals surface area contributed by atoms with Gasteiger partial charge in [-0.15, -0.1) is 0 Å². The van der Waals surface area contributed by atoms with Gasteiger partial charge in [0.15, 0.2) is 0 Å². The number of nitrogens with one attached hydrogen (secondary N) is 1. The van der Waals surface area contributed by atoms with Crippen molar-refractivity contribution < 1.29 is 13.6 Å². The first-order valence-electron chi connectivity index (χ1n) is 6.09. The van der Waals surface area contributed by atoms with Crippen molar-refractivity contribution in [3.63, 3.8) is 0 Å². The standard InChI is InChI=1S/C15H12F2N2OS/c16-12-4-5-13(17)11(7-12)8-19-15(20)10-3-1-2-9(6-10)14(18)21/h1-7H,8H2,(H2,18,21)(H,19,20). The summed E-state index contributed by atoms with van der Waals surface area (Å²) >= 11 is 4.84. The quantitative estimate of drug-likeness (QED) is 0.854.